The summed E-state index contributed by atoms with van der Waals surface area (Å²) in [6.45, 7) is 2.59. The van der Waals surface area contributed by atoms with Crippen LogP contribution in [0.2, 0.25) is 0 Å². The maximum absolute atomic E-state index is 13.7. The van der Waals surface area contributed by atoms with E-state index in [0.717, 1.165) is 4.88 Å². The lowest BCUT2D eigenvalue weighted by molar-refractivity contribution is 0.0731. The highest BCUT2D eigenvalue weighted by molar-refractivity contribution is 7.91. The van der Waals surface area contributed by atoms with E-state index in [1.54, 1.807) is 31.3 Å². The van der Waals surface area contributed by atoms with Crippen LogP contribution in [-0.2, 0) is 27.7 Å². The van der Waals surface area contributed by atoms with Gasteiger partial charge in [-0.25, -0.2) is 12.8 Å². The first-order valence-corrected chi connectivity index (χ1v) is 11.6. The molecule has 1 aliphatic heterocycles. The van der Waals surface area contributed by atoms with Crippen molar-refractivity contribution in [3.8, 4) is 0 Å². The summed E-state index contributed by atoms with van der Waals surface area (Å²) in [5.74, 6) is 0.358. The Hall–Kier alpha value is -2.01. The molecular formula is C19H25FN4O3S2. The SMILES string of the molecule is CN=C(NCCc1ccccc1F)NCc1ccc(S(=O)(=O)N2CCOCC2)s1. The minimum absolute atomic E-state index is 0.218. The van der Waals surface area contributed by atoms with Gasteiger partial charge in [0, 0.05) is 31.6 Å². The van der Waals surface area contributed by atoms with Crippen LogP contribution in [0, 0.1) is 5.82 Å². The molecule has 29 heavy (non-hydrogen) atoms. The molecule has 0 saturated carbocycles. The number of sulfonamides is 1. The molecule has 1 aromatic carbocycles. The maximum atomic E-state index is 13.7. The van der Waals surface area contributed by atoms with Crippen LogP contribution < -0.4 is 10.6 Å². The second kappa shape index (κ2) is 10.1. The van der Waals surface area contributed by atoms with E-state index in [1.807, 2.05) is 6.07 Å². The summed E-state index contributed by atoms with van der Waals surface area (Å²) in [6.07, 6.45) is 0.536. The van der Waals surface area contributed by atoms with Gasteiger partial charge in [0.25, 0.3) is 10.0 Å². The molecule has 1 aromatic heterocycles. The van der Waals surface area contributed by atoms with E-state index in [9.17, 15) is 12.8 Å². The second-order valence-corrected chi connectivity index (χ2v) is 9.76. The molecule has 0 atom stereocenters. The van der Waals surface area contributed by atoms with Gasteiger partial charge in [0.05, 0.1) is 19.8 Å². The number of hydrogen-bond acceptors (Lipinski definition) is 5. The zero-order chi connectivity index (χ0) is 20.7. The molecule has 158 valence electrons. The van der Waals surface area contributed by atoms with Crippen LogP contribution >= 0.6 is 11.3 Å². The number of nitrogens with one attached hydrogen (secondary N) is 2. The number of nitrogens with zero attached hydrogens (tertiary/aromatic N) is 2. The minimum Gasteiger partial charge on any atom is -0.379 e. The molecule has 7 nitrogen and oxygen atoms in total. The average Bonchev–Trinajstić information content (AvgIpc) is 3.22. The third-order valence-electron chi connectivity index (χ3n) is 4.50. The largest absolute Gasteiger partial charge is 0.379 e. The molecule has 1 saturated heterocycles. The lowest BCUT2D eigenvalue weighted by Crippen LogP contribution is -2.40. The lowest BCUT2D eigenvalue weighted by atomic mass is 10.1. The Bertz CT molecular complexity index is 940. The molecule has 3 rings (SSSR count). The predicted molar refractivity (Wildman–Crippen MR) is 112 cm³/mol. The summed E-state index contributed by atoms with van der Waals surface area (Å²) in [5, 5.41) is 6.30. The van der Waals surface area contributed by atoms with Crippen molar-refractivity contribution in [1.29, 1.82) is 0 Å². The molecule has 0 spiro atoms. The van der Waals surface area contributed by atoms with E-state index in [0.29, 0.717) is 61.5 Å². The Morgan fingerprint density at radius 2 is 1.97 bits per heavy atom. The summed E-state index contributed by atoms with van der Waals surface area (Å²) in [6, 6.07) is 10.1. The van der Waals surface area contributed by atoms with Gasteiger partial charge in [-0.1, -0.05) is 18.2 Å². The van der Waals surface area contributed by atoms with Crippen molar-refractivity contribution < 1.29 is 17.5 Å². The standard InChI is InChI=1S/C19H25FN4O3S2/c1-21-19(22-9-8-15-4-2-3-5-17(15)20)23-14-16-6-7-18(28-16)29(25,26)24-10-12-27-13-11-24/h2-7H,8-14H2,1H3,(H2,21,22,23). The number of hydrogen-bond donors (Lipinski definition) is 2. The number of rotatable bonds is 7. The number of halogens is 1. The minimum atomic E-state index is -3.47. The van der Waals surface area contributed by atoms with Gasteiger partial charge in [-0.3, -0.25) is 4.99 Å². The average molecular weight is 441 g/mol. The third kappa shape index (κ3) is 5.75. The van der Waals surface area contributed by atoms with E-state index < -0.39 is 10.0 Å². The Balaban J connectivity index is 1.50. The van der Waals surface area contributed by atoms with Crippen molar-refractivity contribution in [1.82, 2.24) is 14.9 Å². The van der Waals surface area contributed by atoms with Crippen LogP contribution in [0.1, 0.15) is 10.4 Å². The summed E-state index contributed by atoms with van der Waals surface area (Å²) < 4.78 is 46.1. The topological polar surface area (TPSA) is 83.0 Å². The van der Waals surface area contributed by atoms with Crippen molar-refractivity contribution in [2.45, 2.75) is 17.2 Å². The fourth-order valence-electron chi connectivity index (χ4n) is 2.91. The van der Waals surface area contributed by atoms with Crippen LogP contribution in [0.15, 0.2) is 45.6 Å². The van der Waals surface area contributed by atoms with Crippen molar-refractivity contribution in [3.63, 3.8) is 0 Å². The summed E-state index contributed by atoms with van der Waals surface area (Å²) in [7, 11) is -1.82. The van der Waals surface area contributed by atoms with Gasteiger partial charge < -0.3 is 15.4 Å². The van der Waals surface area contributed by atoms with Gasteiger partial charge in [0.1, 0.15) is 10.0 Å². The Kier molecular flexibility index (Phi) is 7.59. The molecule has 0 bridgehead atoms. The third-order valence-corrected chi connectivity index (χ3v) is 7.95. The Labute approximate surface area is 174 Å². The quantitative estimate of drug-likeness (QED) is 0.507. The summed E-state index contributed by atoms with van der Waals surface area (Å²) in [5.41, 5.74) is 0.645. The van der Waals surface area contributed by atoms with Crippen molar-refractivity contribution >= 4 is 27.3 Å². The van der Waals surface area contributed by atoms with Crippen LogP contribution in [0.3, 0.4) is 0 Å². The maximum Gasteiger partial charge on any atom is 0.252 e. The number of thiophene rings is 1. The molecule has 2 N–H and O–H groups in total. The first-order chi connectivity index (χ1) is 14.0. The zero-order valence-corrected chi connectivity index (χ0v) is 17.9. The van der Waals surface area contributed by atoms with E-state index in [-0.39, 0.29) is 5.82 Å². The number of benzene rings is 1. The molecule has 1 aliphatic rings. The molecule has 1 fully saturated rings. The molecule has 0 unspecified atom stereocenters. The number of ether oxygens (including phenoxy) is 1. The highest BCUT2D eigenvalue weighted by Crippen LogP contribution is 2.25. The number of aliphatic imine (C=N–C) groups is 1. The van der Waals surface area contributed by atoms with Crippen molar-refractivity contribution in [2.24, 2.45) is 4.99 Å². The van der Waals surface area contributed by atoms with Crippen molar-refractivity contribution in [3.05, 3.63) is 52.7 Å². The summed E-state index contributed by atoms with van der Waals surface area (Å²) in [4.78, 5) is 5.03. The van der Waals surface area contributed by atoms with Crippen LogP contribution in [0.5, 0.6) is 0 Å². The van der Waals surface area contributed by atoms with Gasteiger partial charge in [0.15, 0.2) is 5.96 Å². The molecular weight excluding hydrogens is 415 g/mol. The smallest absolute Gasteiger partial charge is 0.252 e. The zero-order valence-electron chi connectivity index (χ0n) is 16.2. The first kappa shape index (κ1) is 21.7. The molecule has 0 aliphatic carbocycles. The normalized spacial score (nSPS) is 16.0. The molecule has 2 heterocycles. The first-order valence-electron chi connectivity index (χ1n) is 9.35. The Morgan fingerprint density at radius 1 is 1.21 bits per heavy atom. The highest BCUT2D eigenvalue weighted by Gasteiger charge is 2.27. The molecule has 2 aromatic rings. The van der Waals surface area contributed by atoms with Gasteiger partial charge >= 0.3 is 0 Å². The monoisotopic (exact) mass is 440 g/mol. The fraction of sp³-hybridized carbons (Fsp3) is 0.421. The second-order valence-electron chi connectivity index (χ2n) is 6.43. The molecule has 0 radical (unpaired) electrons. The van der Waals surface area contributed by atoms with Gasteiger partial charge in [0.2, 0.25) is 0 Å². The van der Waals surface area contributed by atoms with E-state index in [1.165, 1.54) is 21.7 Å². The fourth-order valence-corrected chi connectivity index (χ4v) is 5.77. The van der Waals surface area contributed by atoms with Crippen molar-refractivity contribution in [2.75, 3.05) is 39.9 Å². The lowest BCUT2D eigenvalue weighted by Gasteiger charge is -2.25. The molecule has 0 amide bonds. The van der Waals surface area contributed by atoms with Crippen LogP contribution in [-0.4, -0.2) is 58.6 Å². The number of morpholine rings is 1. The number of guanidine groups is 1. The van der Waals surface area contributed by atoms with Crippen LogP contribution in [0.25, 0.3) is 0 Å². The van der Waals surface area contributed by atoms with E-state index >= 15 is 0 Å². The molecule has 10 heteroatoms. The van der Waals surface area contributed by atoms with Gasteiger partial charge in [-0.05, 0) is 30.2 Å². The summed E-state index contributed by atoms with van der Waals surface area (Å²) >= 11 is 1.24. The van der Waals surface area contributed by atoms with E-state index in [4.69, 9.17) is 4.74 Å². The van der Waals surface area contributed by atoms with Gasteiger partial charge in [-0.15, -0.1) is 11.3 Å². The van der Waals surface area contributed by atoms with Crippen LogP contribution in [0.4, 0.5) is 4.39 Å². The predicted octanol–water partition coefficient (Wildman–Crippen LogP) is 1.82. The van der Waals surface area contributed by atoms with E-state index in [2.05, 4.69) is 15.6 Å². The van der Waals surface area contributed by atoms with Gasteiger partial charge in [-0.2, -0.15) is 4.31 Å². The highest BCUT2D eigenvalue weighted by atomic mass is 32.2. The Morgan fingerprint density at radius 3 is 2.69 bits per heavy atom.